The van der Waals surface area contributed by atoms with Crippen LogP contribution in [0.2, 0.25) is 0 Å². The highest BCUT2D eigenvalue weighted by molar-refractivity contribution is 5.93. The zero-order chi connectivity index (χ0) is 22.9. The van der Waals surface area contributed by atoms with Gasteiger partial charge >= 0.3 is 0 Å². The normalized spacial score (nSPS) is 11.5. The number of carbonyl (C=O) groups excluding carboxylic acids is 2. The van der Waals surface area contributed by atoms with Crippen LogP contribution < -0.4 is 10.6 Å². The monoisotopic (exact) mass is 426 g/mol. The van der Waals surface area contributed by atoms with E-state index < -0.39 is 0 Å². The molecule has 3 N–H and O–H groups in total. The van der Waals surface area contributed by atoms with Gasteiger partial charge in [0.05, 0.1) is 38.9 Å². The minimum absolute atomic E-state index is 0.0590. The largest absolute Gasteiger partial charge is 0.507 e. The molecule has 8 heteroatoms. The van der Waals surface area contributed by atoms with Crippen molar-refractivity contribution in [3.8, 4) is 5.75 Å². The average Bonchev–Trinajstić information content (AvgIpc) is 2.72. The standard InChI is InChI=1S/C23H31N5O3/c1-5-10-25-23(31)18-7-8-20(26-13-18)14-27-22(30)15-24-12-19-11-17(6-9-21(19)29)16-28(2,3)4/h6-9,11-13H,5,10,14-16H2,1-4H3,(H2-,24,25,27,29,30,31)/p+1. The van der Waals surface area contributed by atoms with Gasteiger partial charge in [-0.25, -0.2) is 0 Å². The highest BCUT2D eigenvalue weighted by atomic mass is 16.3. The number of benzene rings is 1. The minimum Gasteiger partial charge on any atom is -0.507 e. The number of phenolic OH excluding ortho intramolecular Hbond substituents is 1. The van der Waals surface area contributed by atoms with E-state index in [0.29, 0.717) is 23.4 Å². The molecule has 0 aliphatic rings. The maximum Gasteiger partial charge on any atom is 0.252 e. The number of aliphatic imine (C=N–C) groups is 1. The summed E-state index contributed by atoms with van der Waals surface area (Å²) in [7, 11) is 6.28. The van der Waals surface area contributed by atoms with Crippen LogP contribution in [0.25, 0.3) is 0 Å². The third-order valence-electron chi connectivity index (χ3n) is 4.30. The van der Waals surface area contributed by atoms with E-state index in [1.165, 1.54) is 12.4 Å². The molecule has 1 aromatic heterocycles. The lowest BCUT2D eigenvalue weighted by atomic mass is 10.1. The first kappa shape index (κ1) is 24.0. The van der Waals surface area contributed by atoms with Crippen LogP contribution in [0.1, 0.15) is 40.5 Å². The number of aromatic nitrogens is 1. The molecule has 0 fully saturated rings. The Bertz CT molecular complexity index is 918. The number of amides is 2. The van der Waals surface area contributed by atoms with Crippen molar-refractivity contribution in [3.63, 3.8) is 0 Å². The number of rotatable bonds is 10. The van der Waals surface area contributed by atoms with Crippen LogP contribution in [0.3, 0.4) is 0 Å². The molecule has 0 radical (unpaired) electrons. The average molecular weight is 427 g/mol. The first-order chi connectivity index (χ1) is 14.7. The summed E-state index contributed by atoms with van der Waals surface area (Å²) in [5, 5.41) is 15.6. The van der Waals surface area contributed by atoms with Crippen LogP contribution in [-0.2, 0) is 17.9 Å². The summed E-state index contributed by atoms with van der Waals surface area (Å²) in [4.78, 5) is 32.3. The summed E-state index contributed by atoms with van der Waals surface area (Å²) in [5.74, 6) is -0.292. The van der Waals surface area contributed by atoms with Crippen molar-refractivity contribution >= 4 is 18.0 Å². The van der Waals surface area contributed by atoms with Gasteiger partial charge in [-0.3, -0.25) is 19.6 Å². The predicted molar refractivity (Wildman–Crippen MR) is 121 cm³/mol. The number of nitrogens with zero attached hydrogens (tertiary/aromatic N) is 3. The molecule has 0 aliphatic carbocycles. The molecule has 0 aliphatic heterocycles. The van der Waals surface area contributed by atoms with Gasteiger partial charge in [0.25, 0.3) is 5.91 Å². The topological polar surface area (TPSA) is 104 Å². The lowest BCUT2D eigenvalue weighted by Gasteiger charge is -2.24. The molecule has 0 saturated heterocycles. The summed E-state index contributed by atoms with van der Waals surface area (Å²) in [6.07, 6.45) is 3.87. The summed E-state index contributed by atoms with van der Waals surface area (Å²) in [6, 6.07) is 8.80. The first-order valence-electron chi connectivity index (χ1n) is 10.3. The van der Waals surface area contributed by atoms with Crippen molar-refractivity contribution in [2.75, 3.05) is 34.2 Å². The van der Waals surface area contributed by atoms with Crippen molar-refractivity contribution in [3.05, 3.63) is 58.9 Å². The highest BCUT2D eigenvalue weighted by Gasteiger charge is 2.10. The number of hydrogen-bond donors (Lipinski definition) is 3. The van der Waals surface area contributed by atoms with Gasteiger partial charge < -0.3 is 20.2 Å². The summed E-state index contributed by atoms with van der Waals surface area (Å²) >= 11 is 0. The SMILES string of the molecule is CCCNC(=O)c1ccc(CNC(=O)CN=Cc2cc(C[N+](C)(C)C)ccc2O)nc1. The Kier molecular flexibility index (Phi) is 8.69. The van der Waals surface area contributed by atoms with Gasteiger partial charge in [0.1, 0.15) is 18.8 Å². The fraction of sp³-hybridized carbons (Fsp3) is 0.391. The van der Waals surface area contributed by atoms with Gasteiger partial charge in [-0.1, -0.05) is 6.92 Å². The second-order valence-electron chi connectivity index (χ2n) is 8.38. The van der Waals surface area contributed by atoms with Crippen LogP contribution in [-0.4, -0.2) is 66.8 Å². The number of pyridine rings is 1. The van der Waals surface area contributed by atoms with Crippen LogP contribution in [0.5, 0.6) is 5.75 Å². The first-order valence-corrected chi connectivity index (χ1v) is 10.3. The van der Waals surface area contributed by atoms with Gasteiger partial charge in [-0.2, -0.15) is 0 Å². The second-order valence-corrected chi connectivity index (χ2v) is 8.38. The van der Waals surface area contributed by atoms with E-state index in [1.807, 2.05) is 19.1 Å². The van der Waals surface area contributed by atoms with Crippen molar-refractivity contribution < 1.29 is 19.2 Å². The molecule has 0 unspecified atom stereocenters. The molecule has 0 saturated carbocycles. The van der Waals surface area contributed by atoms with Gasteiger partial charge in [-0.15, -0.1) is 0 Å². The molecule has 166 valence electrons. The van der Waals surface area contributed by atoms with E-state index in [2.05, 4.69) is 41.8 Å². The molecular formula is C23H32N5O3+. The Balaban J connectivity index is 1.85. The van der Waals surface area contributed by atoms with Gasteiger partial charge in [0, 0.05) is 30.1 Å². The predicted octanol–water partition coefficient (Wildman–Crippen LogP) is 1.87. The van der Waals surface area contributed by atoms with Crippen LogP contribution >= 0.6 is 0 Å². The molecule has 2 aromatic rings. The second kappa shape index (κ2) is 11.2. The molecule has 0 spiro atoms. The zero-order valence-corrected chi connectivity index (χ0v) is 18.7. The number of hydrogen-bond acceptors (Lipinski definition) is 5. The molecule has 0 atom stereocenters. The molecule has 2 rings (SSSR count). The van der Waals surface area contributed by atoms with Gasteiger partial charge in [0.2, 0.25) is 5.91 Å². The fourth-order valence-corrected chi connectivity index (χ4v) is 2.83. The molecule has 0 bridgehead atoms. The van der Waals surface area contributed by atoms with Gasteiger partial charge in [-0.05, 0) is 36.8 Å². The Labute approximate surface area is 183 Å². The van der Waals surface area contributed by atoms with E-state index in [-0.39, 0.29) is 30.7 Å². The van der Waals surface area contributed by atoms with Gasteiger partial charge in [0.15, 0.2) is 0 Å². The lowest BCUT2D eigenvalue weighted by molar-refractivity contribution is -0.884. The minimum atomic E-state index is -0.259. The van der Waals surface area contributed by atoms with E-state index >= 15 is 0 Å². The maximum atomic E-state index is 12.1. The number of carbonyl (C=O) groups is 2. The van der Waals surface area contributed by atoms with Crippen molar-refractivity contribution in [2.45, 2.75) is 26.4 Å². The Morgan fingerprint density at radius 3 is 2.58 bits per heavy atom. The number of phenols is 1. The fourth-order valence-electron chi connectivity index (χ4n) is 2.83. The van der Waals surface area contributed by atoms with E-state index in [0.717, 1.165) is 23.0 Å². The van der Waals surface area contributed by atoms with Crippen LogP contribution in [0.15, 0.2) is 41.5 Å². The molecule has 31 heavy (non-hydrogen) atoms. The quantitative estimate of drug-likeness (QED) is 0.399. The summed E-state index contributed by atoms with van der Waals surface area (Å²) in [6.45, 7) is 3.61. The molecule has 1 aromatic carbocycles. The van der Waals surface area contributed by atoms with Crippen molar-refractivity contribution in [2.24, 2.45) is 4.99 Å². The number of aromatic hydroxyl groups is 1. The molecule has 8 nitrogen and oxygen atoms in total. The van der Waals surface area contributed by atoms with Crippen LogP contribution in [0.4, 0.5) is 0 Å². The number of nitrogens with one attached hydrogen (secondary N) is 2. The zero-order valence-electron chi connectivity index (χ0n) is 18.7. The van der Waals surface area contributed by atoms with Crippen molar-refractivity contribution in [1.82, 2.24) is 15.6 Å². The Morgan fingerprint density at radius 1 is 1.16 bits per heavy atom. The molecule has 2 amide bonds. The van der Waals surface area contributed by atoms with E-state index in [1.54, 1.807) is 18.2 Å². The maximum absolute atomic E-state index is 12.1. The molecular weight excluding hydrogens is 394 g/mol. The Hall–Kier alpha value is -3.26. The van der Waals surface area contributed by atoms with E-state index in [9.17, 15) is 14.7 Å². The summed E-state index contributed by atoms with van der Waals surface area (Å²) in [5.41, 5.74) is 2.79. The van der Waals surface area contributed by atoms with Crippen LogP contribution in [0, 0.1) is 0 Å². The third-order valence-corrected chi connectivity index (χ3v) is 4.30. The Morgan fingerprint density at radius 2 is 1.94 bits per heavy atom. The van der Waals surface area contributed by atoms with E-state index in [4.69, 9.17) is 0 Å². The third kappa shape index (κ3) is 8.55. The number of quaternary nitrogens is 1. The molecule has 1 heterocycles. The highest BCUT2D eigenvalue weighted by Crippen LogP contribution is 2.18. The lowest BCUT2D eigenvalue weighted by Crippen LogP contribution is -2.33. The summed E-state index contributed by atoms with van der Waals surface area (Å²) < 4.78 is 0.766. The smallest absolute Gasteiger partial charge is 0.252 e. The van der Waals surface area contributed by atoms with Crippen molar-refractivity contribution in [1.29, 1.82) is 0 Å².